The molecule has 2 atom stereocenters. The molecule has 2 unspecified atom stereocenters. The number of rotatable bonds is 3. The highest BCUT2D eigenvalue weighted by Gasteiger charge is 2.69. The van der Waals surface area contributed by atoms with E-state index in [1.54, 1.807) is 12.1 Å². The van der Waals surface area contributed by atoms with Crippen LogP contribution in [0.15, 0.2) is 12.1 Å². The first kappa shape index (κ1) is 11.8. The minimum Gasteiger partial charge on any atom is -0.493 e. The van der Waals surface area contributed by atoms with Crippen LogP contribution in [0.2, 0.25) is 0 Å². The molecular weight excluding hydrogens is 250 g/mol. The third-order valence-corrected chi connectivity index (χ3v) is 3.90. The Bertz CT molecular complexity index is 597. The Morgan fingerprint density at radius 1 is 1.42 bits per heavy atom. The van der Waals surface area contributed by atoms with Crippen molar-refractivity contribution in [3.63, 3.8) is 0 Å². The van der Waals surface area contributed by atoms with E-state index in [-0.39, 0.29) is 5.91 Å². The van der Waals surface area contributed by atoms with Crippen LogP contribution in [0.5, 0.6) is 11.5 Å². The highest BCUT2D eigenvalue weighted by Crippen LogP contribution is 2.63. The molecule has 1 aliphatic carbocycles. The highest BCUT2D eigenvalue weighted by atomic mass is 16.5. The Hall–Kier alpha value is -2.24. The van der Waals surface area contributed by atoms with E-state index < -0.39 is 17.3 Å². The predicted octanol–water partition coefficient (Wildman–Crippen LogP) is 0.998. The fourth-order valence-electron chi connectivity index (χ4n) is 2.91. The second kappa shape index (κ2) is 3.63. The fourth-order valence-corrected chi connectivity index (χ4v) is 2.91. The number of anilines is 1. The van der Waals surface area contributed by atoms with Gasteiger partial charge in [-0.15, -0.1) is 0 Å². The van der Waals surface area contributed by atoms with E-state index in [4.69, 9.17) is 14.6 Å². The molecule has 1 amide bonds. The zero-order valence-electron chi connectivity index (χ0n) is 10.5. The van der Waals surface area contributed by atoms with Crippen LogP contribution >= 0.6 is 0 Å². The maximum Gasteiger partial charge on any atom is 0.307 e. The number of fused-ring (bicyclic) bond motifs is 2. The van der Waals surface area contributed by atoms with Crippen LogP contribution in [-0.2, 0) is 15.0 Å². The molecule has 1 saturated carbocycles. The van der Waals surface area contributed by atoms with Crippen molar-refractivity contribution < 1.29 is 24.2 Å². The highest BCUT2D eigenvalue weighted by molar-refractivity contribution is 6.13. The van der Waals surface area contributed by atoms with E-state index >= 15 is 0 Å². The first-order valence-corrected chi connectivity index (χ1v) is 5.86. The number of carbonyl (C=O) groups is 2. The van der Waals surface area contributed by atoms with Crippen molar-refractivity contribution in [1.29, 1.82) is 0 Å². The van der Waals surface area contributed by atoms with Crippen molar-refractivity contribution in [1.82, 2.24) is 0 Å². The topological polar surface area (TPSA) is 84.9 Å². The Morgan fingerprint density at radius 2 is 2.16 bits per heavy atom. The number of hydrogen-bond donors (Lipinski definition) is 2. The first-order valence-electron chi connectivity index (χ1n) is 5.86. The van der Waals surface area contributed by atoms with Gasteiger partial charge in [-0.05, 0) is 18.6 Å². The van der Waals surface area contributed by atoms with Crippen LogP contribution in [-0.4, -0.2) is 31.2 Å². The molecule has 0 radical (unpaired) electrons. The largest absolute Gasteiger partial charge is 0.493 e. The van der Waals surface area contributed by atoms with Gasteiger partial charge in [-0.3, -0.25) is 9.59 Å². The second-order valence-electron chi connectivity index (χ2n) is 4.74. The molecule has 0 bridgehead atoms. The lowest BCUT2D eigenvalue weighted by atomic mass is 9.93. The molecule has 1 fully saturated rings. The number of aliphatic carboxylic acids is 1. The van der Waals surface area contributed by atoms with Crippen molar-refractivity contribution in [2.24, 2.45) is 5.92 Å². The molecule has 2 aliphatic rings. The molecule has 1 heterocycles. The van der Waals surface area contributed by atoms with Gasteiger partial charge in [-0.25, -0.2) is 0 Å². The SMILES string of the molecule is COc1ccc2c(c1OC)C1(CC1C(=O)O)C(=O)N2. The standard InChI is InChI=1S/C13H13NO5/c1-18-8-4-3-7-9(10(8)19-2)13(12(17)14-7)5-6(13)11(15)16/h3-4,6H,5H2,1-2H3,(H,14,17)(H,15,16). The van der Waals surface area contributed by atoms with Gasteiger partial charge in [0.2, 0.25) is 5.91 Å². The molecule has 3 rings (SSSR count). The van der Waals surface area contributed by atoms with Crippen LogP contribution in [0.3, 0.4) is 0 Å². The maximum atomic E-state index is 12.1. The number of hydrogen-bond acceptors (Lipinski definition) is 4. The normalized spacial score (nSPS) is 26.8. The van der Waals surface area contributed by atoms with Gasteiger partial charge in [0.15, 0.2) is 11.5 Å². The third-order valence-electron chi connectivity index (χ3n) is 3.90. The first-order chi connectivity index (χ1) is 9.06. The molecule has 19 heavy (non-hydrogen) atoms. The number of amides is 1. The van der Waals surface area contributed by atoms with Crippen LogP contribution in [0.4, 0.5) is 5.69 Å². The van der Waals surface area contributed by atoms with Crippen LogP contribution < -0.4 is 14.8 Å². The van der Waals surface area contributed by atoms with Gasteiger partial charge in [0.1, 0.15) is 0 Å². The summed E-state index contributed by atoms with van der Waals surface area (Å²) in [5.41, 5.74) is 0.208. The third kappa shape index (κ3) is 1.31. The van der Waals surface area contributed by atoms with E-state index in [1.165, 1.54) is 14.2 Å². The van der Waals surface area contributed by atoms with E-state index in [1.807, 2.05) is 0 Å². The van der Waals surface area contributed by atoms with Gasteiger partial charge in [0, 0.05) is 11.3 Å². The van der Waals surface area contributed by atoms with Crippen molar-refractivity contribution in [2.45, 2.75) is 11.8 Å². The quantitative estimate of drug-likeness (QED) is 0.849. The van der Waals surface area contributed by atoms with Crippen molar-refractivity contribution >= 4 is 17.6 Å². The van der Waals surface area contributed by atoms with Crippen LogP contribution in [0.1, 0.15) is 12.0 Å². The summed E-state index contributed by atoms with van der Waals surface area (Å²) < 4.78 is 10.5. The minimum atomic E-state index is -0.999. The summed E-state index contributed by atoms with van der Waals surface area (Å²) in [5, 5.41) is 11.9. The van der Waals surface area contributed by atoms with Gasteiger partial charge in [-0.2, -0.15) is 0 Å². The van der Waals surface area contributed by atoms with E-state index in [9.17, 15) is 9.59 Å². The summed E-state index contributed by atoms with van der Waals surface area (Å²) in [7, 11) is 2.98. The average molecular weight is 263 g/mol. The smallest absolute Gasteiger partial charge is 0.307 e. The van der Waals surface area contributed by atoms with Gasteiger partial charge < -0.3 is 19.9 Å². The number of carbonyl (C=O) groups excluding carboxylic acids is 1. The molecule has 100 valence electrons. The number of ether oxygens (including phenoxy) is 2. The number of carboxylic acid groups (broad SMARTS) is 1. The summed E-state index contributed by atoms with van der Waals surface area (Å²) in [4.78, 5) is 23.3. The molecule has 0 saturated heterocycles. The van der Waals surface area contributed by atoms with Crippen molar-refractivity contribution in [3.8, 4) is 11.5 Å². The minimum absolute atomic E-state index is 0.276. The molecular formula is C13H13NO5. The lowest BCUT2D eigenvalue weighted by Gasteiger charge is -2.14. The molecule has 6 heteroatoms. The van der Waals surface area contributed by atoms with Gasteiger partial charge >= 0.3 is 5.97 Å². The van der Waals surface area contributed by atoms with Gasteiger partial charge in [-0.1, -0.05) is 0 Å². The Morgan fingerprint density at radius 3 is 2.68 bits per heavy atom. The number of carboxylic acids is 1. The molecule has 1 aromatic carbocycles. The Balaban J connectivity index is 2.20. The van der Waals surface area contributed by atoms with Gasteiger partial charge in [0.05, 0.1) is 25.6 Å². The Kier molecular flexibility index (Phi) is 2.26. The summed E-state index contributed by atoms with van der Waals surface area (Å²) in [6.45, 7) is 0. The van der Waals surface area contributed by atoms with Crippen molar-refractivity contribution in [3.05, 3.63) is 17.7 Å². The predicted molar refractivity (Wildman–Crippen MR) is 65.6 cm³/mol. The van der Waals surface area contributed by atoms with Crippen molar-refractivity contribution in [2.75, 3.05) is 19.5 Å². The zero-order valence-corrected chi connectivity index (χ0v) is 10.5. The summed E-state index contributed by atoms with van der Waals surface area (Å²) in [6.07, 6.45) is 0.296. The lowest BCUT2D eigenvalue weighted by Crippen LogP contribution is -2.24. The molecule has 1 aromatic rings. The number of methoxy groups -OCH3 is 2. The summed E-state index contributed by atoms with van der Waals surface area (Å²) in [5.74, 6) is -1.01. The fraction of sp³-hybridized carbons (Fsp3) is 0.385. The molecule has 6 nitrogen and oxygen atoms in total. The zero-order chi connectivity index (χ0) is 13.8. The summed E-state index contributed by atoms with van der Waals surface area (Å²) in [6, 6.07) is 3.40. The monoisotopic (exact) mass is 263 g/mol. The average Bonchev–Trinajstić information content (AvgIpc) is 3.07. The van der Waals surface area contributed by atoms with Crippen LogP contribution in [0.25, 0.3) is 0 Å². The van der Waals surface area contributed by atoms with E-state index in [2.05, 4.69) is 5.32 Å². The molecule has 1 aliphatic heterocycles. The molecule has 0 aromatic heterocycles. The molecule has 2 N–H and O–H groups in total. The van der Waals surface area contributed by atoms with E-state index in [0.29, 0.717) is 29.2 Å². The maximum absolute atomic E-state index is 12.1. The second-order valence-corrected chi connectivity index (χ2v) is 4.74. The number of nitrogens with one attached hydrogen (secondary N) is 1. The Labute approximate surface area is 109 Å². The van der Waals surface area contributed by atoms with E-state index in [0.717, 1.165) is 0 Å². The summed E-state index contributed by atoms with van der Waals surface area (Å²) >= 11 is 0. The number of benzene rings is 1. The lowest BCUT2D eigenvalue weighted by molar-refractivity contribution is -0.140. The van der Waals surface area contributed by atoms with Crippen LogP contribution in [0, 0.1) is 5.92 Å². The van der Waals surface area contributed by atoms with Gasteiger partial charge in [0.25, 0.3) is 0 Å². The molecule has 1 spiro atoms.